The second-order valence-electron chi connectivity index (χ2n) is 6.28. The van der Waals surface area contributed by atoms with Gasteiger partial charge < -0.3 is 9.84 Å². The molecule has 3 heteroatoms. The lowest BCUT2D eigenvalue weighted by Crippen LogP contribution is -2.32. The highest BCUT2D eigenvalue weighted by molar-refractivity contribution is 6.21. The molecule has 0 saturated carbocycles. The fraction of sp³-hybridized carbons (Fsp3) is 0.217. The van der Waals surface area contributed by atoms with Crippen LogP contribution in [0.4, 0.5) is 0 Å². The largest absolute Gasteiger partial charge is 0.494 e. The molecule has 0 fully saturated rings. The molecule has 1 N–H and O–H groups in total. The van der Waals surface area contributed by atoms with E-state index in [2.05, 4.69) is 6.92 Å². The molecule has 0 aliphatic rings. The van der Waals surface area contributed by atoms with Gasteiger partial charge >= 0.3 is 0 Å². The van der Waals surface area contributed by atoms with Crippen LogP contribution in [0.2, 0.25) is 0 Å². The Labute approximate surface area is 160 Å². The van der Waals surface area contributed by atoms with Crippen molar-refractivity contribution in [1.29, 1.82) is 0 Å². The van der Waals surface area contributed by atoms with E-state index in [1.54, 1.807) is 0 Å². The number of ether oxygens (including phenoxy) is 1. The Hall–Kier alpha value is -2.29. The average molecular weight is 367 g/mol. The van der Waals surface area contributed by atoms with Gasteiger partial charge in [-0.1, -0.05) is 79.7 Å². The van der Waals surface area contributed by atoms with Crippen LogP contribution in [0.15, 0.2) is 84.9 Å². The molecule has 0 bridgehead atoms. The van der Waals surface area contributed by atoms with Crippen molar-refractivity contribution in [1.82, 2.24) is 0 Å². The number of hydrogen-bond donors (Lipinski definition) is 1. The molecule has 3 rings (SSSR count). The molecule has 0 aromatic heterocycles. The minimum atomic E-state index is -1.35. The van der Waals surface area contributed by atoms with Crippen LogP contribution >= 0.6 is 11.6 Å². The van der Waals surface area contributed by atoms with Gasteiger partial charge in [0.15, 0.2) is 0 Å². The predicted molar refractivity (Wildman–Crippen MR) is 107 cm³/mol. The summed E-state index contributed by atoms with van der Waals surface area (Å²) in [5.41, 5.74) is 1.00. The summed E-state index contributed by atoms with van der Waals surface area (Å²) < 4.78 is 5.66. The van der Waals surface area contributed by atoms with Crippen molar-refractivity contribution >= 4 is 11.6 Å². The number of rotatable bonds is 7. The molecule has 0 saturated heterocycles. The Bertz CT molecular complexity index is 803. The monoisotopic (exact) mass is 366 g/mol. The zero-order valence-electron chi connectivity index (χ0n) is 14.8. The van der Waals surface area contributed by atoms with Crippen molar-refractivity contribution in [2.24, 2.45) is 0 Å². The van der Waals surface area contributed by atoms with Crippen LogP contribution in [0.5, 0.6) is 5.75 Å². The van der Waals surface area contributed by atoms with Gasteiger partial charge in [0.25, 0.3) is 0 Å². The minimum absolute atomic E-state index is 0.631. The summed E-state index contributed by atoms with van der Waals surface area (Å²) in [5, 5.41) is 11.1. The molecule has 0 radical (unpaired) electrons. The second kappa shape index (κ2) is 8.39. The van der Waals surface area contributed by atoms with Gasteiger partial charge in [-0.2, -0.15) is 0 Å². The summed E-state index contributed by atoms with van der Waals surface area (Å²) in [5.74, 6) is 0.789. The van der Waals surface area contributed by atoms with Gasteiger partial charge in [-0.05, 0) is 35.2 Å². The van der Waals surface area contributed by atoms with Gasteiger partial charge in [0, 0.05) is 0 Å². The molecular formula is C23H23ClO2. The normalized spacial score (nSPS) is 14.4. The van der Waals surface area contributed by atoms with E-state index in [1.165, 1.54) is 0 Å². The second-order valence-corrected chi connectivity index (χ2v) is 6.71. The summed E-state index contributed by atoms with van der Waals surface area (Å²) in [6, 6.07) is 26.8. The summed E-state index contributed by atoms with van der Waals surface area (Å²) in [6.45, 7) is 2.74. The van der Waals surface area contributed by atoms with Crippen LogP contribution in [0, 0.1) is 0 Å². The SMILES string of the molecule is CCCOc1ccc(C(O)(c2ccccc2)C(Cl)c2ccccc2)cc1. The van der Waals surface area contributed by atoms with Crippen LogP contribution in [-0.4, -0.2) is 11.7 Å². The zero-order chi connectivity index (χ0) is 18.4. The molecule has 2 atom stereocenters. The van der Waals surface area contributed by atoms with Crippen molar-refractivity contribution in [3.63, 3.8) is 0 Å². The predicted octanol–water partition coefficient (Wildman–Crippen LogP) is 5.69. The van der Waals surface area contributed by atoms with E-state index < -0.39 is 11.0 Å². The summed E-state index contributed by atoms with van der Waals surface area (Å²) in [6.07, 6.45) is 0.952. The van der Waals surface area contributed by atoms with Gasteiger partial charge in [0.05, 0.1) is 12.0 Å². The number of alkyl halides is 1. The maximum atomic E-state index is 11.8. The number of aliphatic hydroxyl groups is 1. The third-order valence-corrected chi connectivity index (χ3v) is 5.01. The third kappa shape index (κ3) is 3.77. The molecule has 26 heavy (non-hydrogen) atoms. The first-order chi connectivity index (χ1) is 12.7. The van der Waals surface area contributed by atoms with Crippen molar-refractivity contribution in [2.45, 2.75) is 24.3 Å². The maximum absolute atomic E-state index is 11.8. The lowest BCUT2D eigenvalue weighted by atomic mass is 9.81. The molecule has 0 aliphatic heterocycles. The van der Waals surface area contributed by atoms with E-state index in [0.29, 0.717) is 6.61 Å². The molecule has 3 aromatic carbocycles. The van der Waals surface area contributed by atoms with E-state index in [4.69, 9.17) is 16.3 Å². The maximum Gasteiger partial charge on any atom is 0.135 e. The van der Waals surface area contributed by atoms with Gasteiger partial charge in [0.1, 0.15) is 11.4 Å². The smallest absolute Gasteiger partial charge is 0.135 e. The summed E-state index contributed by atoms with van der Waals surface area (Å²) in [4.78, 5) is 0. The molecule has 134 valence electrons. The molecule has 2 unspecified atom stereocenters. The van der Waals surface area contributed by atoms with Gasteiger partial charge in [0.2, 0.25) is 0 Å². The molecule has 0 aliphatic carbocycles. The van der Waals surface area contributed by atoms with E-state index in [-0.39, 0.29) is 0 Å². The van der Waals surface area contributed by atoms with Crippen LogP contribution < -0.4 is 4.74 Å². The van der Waals surface area contributed by atoms with E-state index >= 15 is 0 Å². The molecule has 3 aromatic rings. The fourth-order valence-corrected chi connectivity index (χ4v) is 3.44. The Morgan fingerprint density at radius 2 is 1.38 bits per heavy atom. The summed E-state index contributed by atoms with van der Waals surface area (Å²) >= 11 is 6.82. The van der Waals surface area contributed by atoms with E-state index in [1.807, 2.05) is 84.9 Å². The standard InChI is InChI=1S/C23H23ClO2/c1-2-17-26-21-15-13-20(14-16-21)23(25,19-11-7-4-8-12-19)22(24)18-9-5-3-6-10-18/h3-16,22,25H,2,17H2,1H3. The van der Waals surface area contributed by atoms with Crippen LogP contribution in [0.25, 0.3) is 0 Å². The van der Waals surface area contributed by atoms with Crippen LogP contribution in [0.3, 0.4) is 0 Å². The third-order valence-electron chi connectivity index (χ3n) is 4.44. The first-order valence-corrected chi connectivity index (χ1v) is 9.30. The van der Waals surface area contributed by atoms with Gasteiger partial charge in [-0.15, -0.1) is 11.6 Å². The highest BCUT2D eigenvalue weighted by Gasteiger charge is 2.40. The van der Waals surface area contributed by atoms with E-state index in [0.717, 1.165) is 28.9 Å². The Morgan fingerprint density at radius 1 is 0.846 bits per heavy atom. The van der Waals surface area contributed by atoms with Crippen LogP contribution in [-0.2, 0) is 5.60 Å². The number of benzene rings is 3. The van der Waals surface area contributed by atoms with Crippen LogP contribution in [0.1, 0.15) is 35.4 Å². The highest BCUT2D eigenvalue weighted by atomic mass is 35.5. The van der Waals surface area contributed by atoms with Gasteiger partial charge in [-0.25, -0.2) is 0 Å². The molecular weight excluding hydrogens is 344 g/mol. The molecule has 0 amide bonds. The van der Waals surface area contributed by atoms with Crippen molar-refractivity contribution in [3.05, 3.63) is 102 Å². The Morgan fingerprint density at radius 3 is 1.96 bits per heavy atom. The molecule has 2 nitrogen and oxygen atoms in total. The van der Waals surface area contributed by atoms with Crippen molar-refractivity contribution < 1.29 is 9.84 Å². The first-order valence-electron chi connectivity index (χ1n) is 8.86. The fourth-order valence-electron chi connectivity index (χ4n) is 3.04. The van der Waals surface area contributed by atoms with Crippen molar-refractivity contribution in [2.75, 3.05) is 6.61 Å². The zero-order valence-corrected chi connectivity index (χ0v) is 15.6. The highest BCUT2D eigenvalue weighted by Crippen LogP contribution is 2.45. The molecule has 0 spiro atoms. The topological polar surface area (TPSA) is 29.5 Å². The van der Waals surface area contributed by atoms with Gasteiger partial charge in [-0.3, -0.25) is 0 Å². The quantitative estimate of drug-likeness (QED) is 0.544. The number of hydrogen-bond acceptors (Lipinski definition) is 2. The first kappa shape index (κ1) is 18.5. The van der Waals surface area contributed by atoms with E-state index in [9.17, 15) is 5.11 Å². The Balaban J connectivity index is 2.04. The van der Waals surface area contributed by atoms with Crippen molar-refractivity contribution in [3.8, 4) is 5.75 Å². The summed E-state index contributed by atoms with van der Waals surface area (Å²) in [7, 11) is 0. The number of halogens is 1. The minimum Gasteiger partial charge on any atom is -0.494 e. The Kier molecular flexibility index (Phi) is 5.97. The average Bonchev–Trinajstić information content (AvgIpc) is 2.72. The molecule has 0 heterocycles. The lowest BCUT2D eigenvalue weighted by Gasteiger charge is -2.34. The lowest BCUT2D eigenvalue weighted by molar-refractivity contribution is 0.0753.